The molecule has 4 rings (SSSR count). The molecule has 1 aromatic heterocycles. The Hall–Kier alpha value is -3.48. The molecule has 0 fully saturated rings. The maximum Gasteiger partial charge on any atom is 0.261 e. The number of hydrogen-bond acceptors (Lipinski definition) is 3. The van der Waals surface area contributed by atoms with Crippen molar-refractivity contribution in [2.45, 2.75) is 64.8 Å². The fraction of sp³-hybridized carbons (Fsp3) is 0.371. The van der Waals surface area contributed by atoms with Gasteiger partial charge < -0.3 is 19.5 Å². The van der Waals surface area contributed by atoms with E-state index in [4.69, 9.17) is 4.43 Å². The van der Waals surface area contributed by atoms with E-state index in [0.717, 1.165) is 18.2 Å². The molecule has 0 aliphatic rings. The van der Waals surface area contributed by atoms with Gasteiger partial charge in [-0.2, -0.15) is 0 Å². The van der Waals surface area contributed by atoms with Crippen molar-refractivity contribution in [3.05, 3.63) is 96.7 Å². The highest BCUT2D eigenvalue weighted by molar-refractivity contribution is 6.99. The van der Waals surface area contributed by atoms with Crippen LogP contribution in [0.2, 0.25) is 5.04 Å². The minimum absolute atomic E-state index is 0.0163. The second-order valence-corrected chi connectivity index (χ2v) is 16.4. The van der Waals surface area contributed by atoms with E-state index >= 15 is 0 Å². The van der Waals surface area contributed by atoms with E-state index in [1.54, 1.807) is 0 Å². The van der Waals surface area contributed by atoms with E-state index < -0.39 is 13.7 Å². The molecule has 0 unspecified atom stereocenters. The highest BCUT2D eigenvalue weighted by Gasteiger charge is 2.50. The predicted molar refractivity (Wildman–Crippen MR) is 171 cm³/mol. The SMILES string of the molecule is CC[C@@](C=O)(CCO[Si](c1ccccc1)(c1ccccc1)C(C)(C)C)CCC(=O)NCCc1c[nH]c2ccccc12. The van der Waals surface area contributed by atoms with E-state index in [1.165, 1.54) is 21.3 Å². The number of nitrogens with one attached hydrogen (secondary N) is 2. The Kier molecular flexibility index (Phi) is 10.00. The molecule has 0 bridgehead atoms. The Morgan fingerprint density at radius 3 is 2.10 bits per heavy atom. The number of aromatic nitrogens is 1. The van der Waals surface area contributed by atoms with Gasteiger partial charge in [-0.15, -0.1) is 0 Å². The van der Waals surface area contributed by atoms with Gasteiger partial charge in [0.25, 0.3) is 8.32 Å². The van der Waals surface area contributed by atoms with Gasteiger partial charge in [-0.05, 0) is 52.7 Å². The number of amides is 1. The summed E-state index contributed by atoms with van der Waals surface area (Å²) in [5.41, 5.74) is 1.70. The fourth-order valence-corrected chi connectivity index (χ4v) is 10.5. The number of fused-ring (bicyclic) bond motifs is 1. The zero-order chi connectivity index (χ0) is 29.3. The first-order valence-corrected chi connectivity index (χ1v) is 16.7. The molecule has 1 amide bonds. The highest BCUT2D eigenvalue weighted by Crippen LogP contribution is 2.38. The van der Waals surface area contributed by atoms with Gasteiger partial charge in [0, 0.05) is 42.1 Å². The Morgan fingerprint density at radius 1 is 0.902 bits per heavy atom. The van der Waals surface area contributed by atoms with E-state index in [1.807, 2.05) is 37.4 Å². The first-order chi connectivity index (χ1) is 19.7. The molecule has 6 heteroatoms. The number of rotatable bonds is 14. The van der Waals surface area contributed by atoms with Crippen LogP contribution < -0.4 is 15.7 Å². The van der Waals surface area contributed by atoms with Crippen LogP contribution in [-0.4, -0.2) is 38.6 Å². The average Bonchev–Trinajstić information content (AvgIpc) is 3.40. The normalized spacial score (nSPS) is 13.6. The predicted octanol–water partition coefficient (Wildman–Crippen LogP) is 6.17. The minimum Gasteiger partial charge on any atom is -0.407 e. The summed E-state index contributed by atoms with van der Waals surface area (Å²) < 4.78 is 7.05. The lowest BCUT2D eigenvalue weighted by Crippen LogP contribution is -2.66. The molecule has 0 aliphatic carbocycles. The van der Waals surface area contributed by atoms with Crippen molar-refractivity contribution in [3.8, 4) is 0 Å². The van der Waals surface area contributed by atoms with Crippen LogP contribution >= 0.6 is 0 Å². The lowest BCUT2D eigenvalue weighted by Gasteiger charge is -2.43. The molecule has 2 N–H and O–H groups in total. The van der Waals surface area contributed by atoms with E-state index in [9.17, 15) is 9.59 Å². The maximum absolute atomic E-state index is 12.8. The fourth-order valence-electron chi connectivity index (χ4n) is 5.97. The molecular weight excluding hydrogens is 524 g/mol. The van der Waals surface area contributed by atoms with Crippen molar-refractivity contribution in [1.82, 2.24) is 10.3 Å². The summed E-state index contributed by atoms with van der Waals surface area (Å²) in [4.78, 5) is 28.6. The largest absolute Gasteiger partial charge is 0.407 e. The van der Waals surface area contributed by atoms with Crippen LogP contribution in [0.4, 0.5) is 0 Å². The minimum atomic E-state index is -2.68. The van der Waals surface area contributed by atoms with Gasteiger partial charge in [-0.3, -0.25) is 4.79 Å². The van der Waals surface area contributed by atoms with E-state index in [0.29, 0.717) is 38.8 Å². The molecule has 5 nitrogen and oxygen atoms in total. The third-order valence-corrected chi connectivity index (χ3v) is 13.6. The standard InChI is InChI=1S/C35H44N2O3Si/c1-5-35(27-38,22-20-33(39)36-24-21-28-26-37-32-19-13-12-18-31(28)32)23-25-40-41(34(2,3)4,29-14-8-6-9-15-29)30-16-10-7-11-17-30/h6-19,26-27,37H,5,20-25H2,1-4H3,(H,36,39)/t35-/m0/s1. The van der Waals surface area contributed by atoms with Gasteiger partial charge in [0.05, 0.1) is 0 Å². The summed E-state index contributed by atoms with van der Waals surface area (Å²) in [7, 11) is -2.68. The lowest BCUT2D eigenvalue weighted by molar-refractivity contribution is -0.123. The van der Waals surface area contributed by atoms with Crippen molar-refractivity contribution in [3.63, 3.8) is 0 Å². The number of carbonyl (C=O) groups excluding carboxylic acids is 2. The molecule has 0 aliphatic heterocycles. The number of aromatic amines is 1. The third kappa shape index (κ3) is 6.88. The van der Waals surface area contributed by atoms with Crippen LogP contribution in [-0.2, 0) is 20.4 Å². The summed E-state index contributed by atoms with van der Waals surface area (Å²) in [6.45, 7) is 9.83. The number of benzene rings is 3. The molecule has 0 saturated carbocycles. The molecule has 0 spiro atoms. The van der Waals surface area contributed by atoms with Crippen LogP contribution in [0.5, 0.6) is 0 Å². The highest BCUT2D eigenvalue weighted by atomic mass is 28.4. The molecular formula is C35H44N2O3Si. The van der Waals surface area contributed by atoms with Crippen LogP contribution in [0.1, 0.15) is 58.9 Å². The number of carbonyl (C=O) groups is 2. The summed E-state index contributed by atoms with van der Waals surface area (Å²) >= 11 is 0. The number of H-pyrrole nitrogens is 1. The second kappa shape index (κ2) is 13.5. The molecule has 1 heterocycles. The van der Waals surface area contributed by atoms with Gasteiger partial charge >= 0.3 is 0 Å². The van der Waals surface area contributed by atoms with Crippen LogP contribution in [0.3, 0.4) is 0 Å². The van der Waals surface area contributed by atoms with Crippen molar-refractivity contribution in [1.29, 1.82) is 0 Å². The van der Waals surface area contributed by atoms with E-state index in [2.05, 4.69) is 91.7 Å². The zero-order valence-corrected chi connectivity index (χ0v) is 25.9. The number of para-hydroxylation sites is 1. The van der Waals surface area contributed by atoms with Gasteiger partial charge in [0.2, 0.25) is 5.91 Å². The molecule has 3 aromatic carbocycles. The molecule has 0 radical (unpaired) electrons. The van der Waals surface area contributed by atoms with Crippen molar-refractivity contribution < 1.29 is 14.0 Å². The van der Waals surface area contributed by atoms with Gasteiger partial charge in [0.15, 0.2) is 0 Å². The third-order valence-electron chi connectivity index (χ3n) is 8.53. The Bertz CT molecular complexity index is 1370. The Labute approximate surface area is 245 Å². The van der Waals surface area contributed by atoms with Gasteiger partial charge in [-0.1, -0.05) is 107 Å². The van der Waals surface area contributed by atoms with Gasteiger partial charge in [-0.25, -0.2) is 0 Å². The molecule has 1 atom stereocenters. The molecule has 0 saturated heterocycles. The topological polar surface area (TPSA) is 71.2 Å². The Balaban J connectivity index is 1.40. The summed E-state index contributed by atoms with van der Waals surface area (Å²) in [6.07, 6.45) is 5.91. The summed E-state index contributed by atoms with van der Waals surface area (Å²) in [5, 5.41) is 6.56. The number of aldehydes is 1. The van der Waals surface area contributed by atoms with Crippen molar-refractivity contribution in [2.75, 3.05) is 13.2 Å². The summed E-state index contributed by atoms with van der Waals surface area (Å²) in [5.74, 6) is -0.0163. The molecule has 41 heavy (non-hydrogen) atoms. The Morgan fingerprint density at radius 2 is 1.51 bits per heavy atom. The van der Waals surface area contributed by atoms with Crippen molar-refractivity contribution >= 4 is 41.8 Å². The average molecular weight is 569 g/mol. The smallest absolute Gasteiger partial charge is 0.261 e. The maximum atomic E-state index is 12.8. The first-order valence-electron chi connectivity index (χ1n) is 14.8. The van der Waals surface area contributed by atoms with Crippen LogP contribution in [0.25, 0.3) is 10.9 Å². The first kappa shape index (κ1) is 30.5. The van der Waals surface area contributed by atoms with E-state index in [-0.39, 0.29) is 10.9 Å². The molecule has 4 aromatic rings. The van der Waals surface area contributed by atoms with Crippen LogP contribution in [0, 0.1) is 5.41 Å². The molecule has 216 valence electrons. The summed E-state index contributed by atoms with van der Waals surface area (Å²) in [6, 6.07) is 29.3. The lowest BCUT2D eigenvalue weighted by atomic mass is 9.79. The second-order valence-electron chi connectivity index (χ2n) is 12.1. The van der Waals surface area contributed by atoms with Crippen molar-refractivity contribution in [2.24, 2.45) is 5.41 Å². The number of hydrogen-bond donors (Lipinski definition) is 2. The monoisotopic (exact) mass is 568 g/mol. The van der Waals surface area contributed by atoms with Crippen LogP contribution in [0.15, 0.2) is 91.1 Å². The zero-order valence-electron chi connectivity index (χ0n) is 24.9. The van der Waals surface area contributed by atoms with Gasteiger partial charge in [0.1, 0.15) is 6.29 Å². The quantitative estimate of drug-likeness (QED) is 0.141.